The van der Waals surface area contributed by atoms with Crippen molar-refractivity contribution in [2.75, 3.05) is 5.73 Å². The number of nitrogens with two attached hydrogens (primary N) is 1. The van der Waals surface area contributed by atoms with Crippen LogP contribution in [-0.4, -0.2) is 13.0 Å². The molecule has 0 aliphatic carbocycles. The smallest absolute Gasteiger partial charge is 0.396 e. The van der Waals surface area contributed by atoms with E-state index in [4.69, 9.17) is 5.73 Å². The third-order valence-corrected chi connectivity index (χ3v) is 4.67. The number of nitrogen functional groups attached to an aromatic ring is 1. The highest BCUT2D eigenvalue weighted by molar-refractivity contribution is 7.86. The first-order valence-electron chi connectivity index (χ1n) is 7.45. The molecule has 0 amide bonds. The van der Waals surface area contributed by atoms with E-state index < -0.39 is 26.8 Å². The van der Waals surface area contributed by atoms with Gasteiger partial charge in [0, 0.05) is 10.8 Å². The lowest BCUT2D eigenvalue weighted by molar-refractivity contribution is -0.137. The summed E-state index contributed by atoms with van der Waals surface area (Å²) in [6, 6.07) is 11.2. The zero-order chi connectivity index (χ0) is 19.8. The maximum Gasteiger partial charge on any atom is 0.416 e. The molecular formula is C17H12F3N3O3S. The predicted octanol–water partition coefficient (Wildman–Crippen LogP) is 5.10. The summed E-state index contributed by atoms with van der Waals surface area (Å²) in [5.74, 6) is 0. The van der Waals surface area contributed by atoms with Crippen LogP contribution in [0.5, 0.6) is 0 Å². The molecule has 6 nitrogen and oxygen atoms in total. The molecule has 0 aliphatic rings. The molecule has 0 bridgehead atoms. The van der Waals surface area contributed by atoms with Crippen LogP contribution in [-0.2, 0) is 16.3 Å². The molecule has 10 heteroatoms. The Morgan fingerprint density at radius 2 is 1.52 bits per heavy atom. The Hall–Kier alpha value is -2.98. The van der Waals surface area contributed by atoms with E-state index in [1.54, 1.807) is 18.2 Å². The number of benzene rings is 3. The molecule has 3 aromatic rings. The van der Waals surface area contributed by atoms with Gasteiger partial charge in [-0.15, -0.1) is 5.11 Å². The number of rotatable bonds is 3. The standard InChI is InChI=1S/C17H12F3N3O3S/c18-17(19,20)10-5-7-11(8-6-10)22-23-14-9-15(27(24,25)26)12-3-1-2-4-13(12)16(14)21/h1-9H,21H2,(H,24,25,26)/b23-22+. The van der Waals surface area contributed by atoms with Crippen LogP contribution in [0, 0.1) is 0 Å². The second-order valence-corrected chi connectivity index (χ2v) is 6.96. The Labute approximate surface area is 151 Å². The van der Waals surface area contributed by atoms with Crippen molar-refractivity contribution in [3.8, 4) is 0 Å². The van der Waals surface area contributed by atoms with Crippen LogP contribution >= 0.6 is 0 Å². The lowest BCUT2D eigenvalue weighted by Gasteiger charge is -2.09. The molecule has 0 radical (unpaired) electrons. The Bertz CT molecular complexity index is 1140. The Morgan fingerprint density at radius 1 is 0.926 bits per heavy atom. The quantitative estimate of drug-likeness (QED) is 0.365. The van der Waals surface area contributed by atoms with Crippen molar-refractivity contribution in [1.29, 1.82) is 0 Å². The average molecular weight is 395 g/mol. The topological polar surface area (TPSA) is 105 Å². The maximum absolute atomic E-state index is 12.6. The van der Waals surface area contributed by atoms with Crippen molar-refractivity contribution >= 4 is 38.0 Å². The monoisotopic (exact) mass is 395 g/mol. The molecule has 0 saturated heterocycles. The molecule has 0 unspecified atom stereocenters. The third kappa shape index (κ3) is 3.91. The van der Waals surface area contributed by atoms with Gasteiger partial charge in [0.15, 0.2) is 0 Å². The summed E-state index contributed by atoms with van der Waals surface area (Å²) in [6.45, 7) is 0. The van der Waals surface area contributed by atoms with E-state index in [-0.39, 0.29) is 22.4 Å². The molecule has 0 heterocycles. The molecule has 3 rings (SSSR count). The number of halogens is 3. The minimum absolute atomic E-state index is 0.0405. The number of alkyl halides is 3. The van der Waals surface area contributed by atoms with E-state index in [1.165, 1.54) is 6.07 Å². The van der Waals surface area contributed by atoms with Gasteiger partial charge >= 0.3 is 6.18 Å². The van der Waals surface area contributed by atoms with E-state index in [1.807, 2.05) is 0 Å². The fourth-order valence-electron chi connectivity index (χ4n) is 2.48. The van der Waals surface area contributed by atoms with E-state index in [2.05, 4.69) is 10.2 Å². The average Bonchev–Trinajstić information content (AvgIpc) is 2.60. The molecule has 0 aromatic heterocycles. The van der Waals surface area contributed by atoms with Crippen LogP contribution in [0.1, 0.15) is 5.56 Å². The number of azo groups is 1. The molecule has 0 aliphatic heterocycles. The van der Waals surface area contributed by atoms with Crippen LogP contribution in [0.3, 0.4) is 0 Å². The molecule has 3 N–H and O–H groups in total. The fraction of sp³-hybridized carbons (Fsp3) is 0.0588. The third-order valence-electron chi connectivity index (χ3n) is 3.77. The highest BCUT2D eigenvalue weighted by atomic mass is 32.2. The van der Waals surface area contributed by atoms with Crippen molar-refractivity contribution in [2.24, 2.45) is 10.2 Å². The molecule has 3 aromatic carbocycles. The first kappa shape index (κ1) is 18.8. The van der Waals surface area contributed by atoms with Gasteiger partial charge in [-0.2, -0.15) is 26.7 Å². The number of anilines is 1. The minimum Gasteiger partial charge on any atom is -0.396 e. The van der Waals surface area contributed by atoms with E-state index in [0.29, 0.717) is 5.39 Å². The van der Waals surface area contributed by atoms with Gasteiger partial charge in [-0.3, -0.25) is 4.55 Å². The second kappa shape index (κ2) is 6.63. The van der Waals surface area contributed by atoms with Gasteiger partial charge in [-0.1, -0.05) is 24.3 Å². The van der Waals surface area contributed by atoms with Gasteiger partial charge in [0.1, 0.15) is 10.6 Å². The SMILES string of the molecule is Nc1c(/N=N/c2ccc(C(F)(F)F)cc2)cc(S(=O)(=O)O)c2ccccc12. The zero-order valence-electron chi connectivity index (χ0n) is 13.5. The van der Waals surface area contributed by atoms with Crippen molar-refractivity contribution < 1.29 is 26.1 Å². The van der Waals surface area contributed by atoms with Crippen LogP contribution in [0.4, 0.5) is 30.2 Å². The van der Waals surface area contributed by atoms with Gasteiger partial charge in [0.2, 0.25) is 0 Å². The highest BCUT2D eigenvalue weighted by Crippen LogP contribution is 2.37. The van der Waals surface area contributed by atoms with Crippen LogP contribution < -0.4 is 5.73 Å². The number of fused-ring (bicyclic) bond motifs is 1. The lowest BCUT2D eigenvalue weighted by atomic mass is 10.1. The Kier molecular flexibility index (Phi) is 4.62. The van der Waals surface area contributed by atoms with Crippen molar-refractivity contribution in [3.63, 3.8) is 0 Å². The summed E-state index contributed by atoms with van der Waals surface area (Å²) in [7, 11) is -4.56. The first-order valence-corrected chi connectivity index (χ1v) is 8.89. The first-order chi connectivity index (χ1) is 12.6. The lowest BCUT2D eigenvalue weighted by Crippen LogP contribution is -2.03. The Morgan fingerprint density at radius 3 is 2.07 bits per heavy atom. The van der Waals surface area contributed by atoms with Gasteiger partial charge in [-0.25, -0.2) is 0 Å². The van der Waals surface area contributed by atoms with E-state index in [0.717, 1.165) is 30.3 Å². The summed E-state index contributed by atoms with van der Waals surface area (Å²) < 4.78 is 70.5. The van der Waals surface area contributed by atoms with Crippen molar-refractivity contribution in [1.82, 2.24) is 0 Å². The summed E-state index contributed by atoms with van der Waals surface area (Å²) >= 11 is 0. The van der Waals surface area contributed by atoms with Crippen molar-refractivity contribution in [2.45, 2.75) is 11.1 Å². The summed E-state index contributed by atoms with van der Waals surface area (Å²) in [4.78, 5) is -0.395. The molecule has 0 spiro atoms. The van der Waals surface area contributed by atoms with Gasteiger partial charge < -0.3 is 5.73 Å². The highest BCUT2D eigenvalue weighted by Gasteiger charge is 2.29. The maximum atomic E-state index is 12.6. The second-order valence-electron chi connectivity index (χ2n) is 5.57. The summed E-state index contributed by atoms with van der Waals surface area (Å²) in [6.07, 6.45) is -4.47. The Balaban J connectivity index is 2.07. The molecule has 140 valence electrons. The minimum atomic E-state index is -4.56. The van der Waals surface area contributed by atoms with Crippen molar-refractivity contribution in [3.05, 3.63) is 60.2 Å². The van der Waals surface area contributed by atoms with Gasteiger partial charge in [-0.05, 0) is 30.3 Å². The normalized spacial score (nSPS) is 12.7. The zero-order valence-corrected chi connectivity index (χ0v) is 14.3. The predicted molar refractivity (Wildman–Crippen MR) is 93.8 cm³/mol. The number of nitrogens with zero attached hydrogens (tertiary/aromatic N) is 2. The van der Waals surface area contributed by atoms with E-state index in [9.17, 15) is 26.1 Å². The molecule has 0 atom stereocenters. The molecule has 0 saturated carbocycles. The summed E-state index contributed by atoms with van der Waals surface area (Å²) in [5.41, 5.74) is 5.36. The molecule has 0 fully saturated rings. The van der Waals surface area contributed by atoms with E-state index >= 15 is 0 Å². The summed E-state index contributed by atoms with van der Waals surface area (Å²) in [5, 5.41) is 8.18. The number of hydrogen-bond donors (Lipinski definition) is 2. The largest absolute Gasteiger partial charge is 0.416 e. The molecule has 27 heavy (non-hydrogen) atoms. The molecular weight excluding hydrogens is 383 g/mol. The fourth-order valence-corrected chi connectivity index (χ4v) is 3.19. The van der Waals surface area contributed by atoms with Crippen LogP contribution in [0.25, 0.3) is 10.8 Å². The van der Waals surface area contributed by atoms with Gasteiger partial charge in [0.25, 0.3) is 10.1 Å². The van der Waals surface area contributed by atoms with Crippen LogP contribution in [0.2, 0.25) is 0 Å². The number of hydrogen-bond acceptors (Lipinski definition) is 5. The van der Waals surface area contributed by atoms with Gasteiger partial charge in [0.05, 0.1) is 16.9 Å². The van der Waals surface area contributed by atoms with Crippen LogP contribution in [0.15, 0.2) is 69.7 Å².